The highest BCUT2D eigenvalue weighted by atomic mass is 32.2. The highest BCUT2D eigenvalue weighted by Gasteiger charge is 2.56. The summed E-state index contributed by atoms with van der Waals surface area (Å²) >= 11 is 1.73. The molecule has 0 saturated carbocycles. The van der Waals surface area contributed by atoms with Crippen molar-refractivity contribution in [1.82, 2.24) is 4.90 Å². The maximum absolute atomic E-state index is 13.5. The molecule has 0 spiro atoms. The fourth-order valence-corrected chi connectivity index (χ4v) is 6.39. The molecule has 0 aliphatic carbocycles. The molecule has 4 rings (SSSR count). The number of benzene rings is 2. The molecule has 0 bridgehead atoms. The van der Waals surface area contributed by atoms with Crippen LogP contribution in [0.2, 0.25) is 0 Å². The van der Waals surface area contributed by atoms with Crippen molar-refractivity contribution in [2.75, 3.05) is 11.1 Å². The monoisotopic (exact) mass is 422 g/mol. The van der Waals surface area contributed by atoms with E-state index in [0.29, 0.717) is 24.0 Å². The number of hydrogen-bond acceptors (Lipinski definition) is 3. The lowest BCUT2D eigenvalue weighted by Gasteiger charge is -2.34. The second kappa shape index (κ2) is 8.10. The Balaban J connectivity index is 1.67. The Morgan fingerprint density at radius 1 is 1.03 bits per heavy atom. The van der Waals surface area contributed by atoms with Crippen LogP contribution in [0.1, 0.15) is 69.1 Å². The molecule has 2 fully saturated rings. The van der Waals surface area contributed by atoms with Crippen molar-refractivity contribution in [1.29, 1.82) is 0 Å². The fraction of sp³-hybridized carbons (Fsp3) is 0.440. The number of carbonyl (C=O) groups excluding carboxylic acids is 2. The highest BCUT2D eigenvalue weighted by Crippen LogP contribution is 2.54. The minimum atomic E-state index is -0.453. The maximum Gasteiger partial charge on any atom is 0.248 e. The Morgan fingerprint density at radius 3 is 2.27 bits per heavy atom. The van der Waals surface area contributed by atoms with Gasteiger partial charge in [-0.2, -0.15) is 0 Å². The van der Waals surface area contributed by atoms with Crippen molar-refractivity contribution < 1.29 is 9.59 Å². The minimum Gasteiger partial charge on any atom is -0.324 e. The summed E-state index contributed by atoms with van der Waals surface area (Å²) in [6.45, 7) is 8.58. The lowest BCUT2D eigenvalue weighted by atomic mass is 9.92. The number of nitrogens with zero attached hydrogens (tertiary/aromatic N) is 1. The quantitative estimate of drug-likeness (QED) is 0.696. The summed E-state index contributed by atoms with van der Waals surface area (Å²) in [5, 5.41) is 3.24. The van der Waals surface area contributed by atoms with Gasteiger partial charge < -0.3 is 10.2 Å². The van der Waals surface area contributed by atoms with E-state index in [1.54, 1.807) is 11.8 Å². The van der Waals surface area contributed by atoms with Crippen LogP contribution < -0.4 is 5.32 Å². The molecule has 2 aliphatic heterocycles. The second-order valence-corrected chi connectivity index (χ2v) is 10.1. The summed E-state index contributed by atoms with van der Waals surface area (Å²) in [7, 11) is 0. The van der Waals surface area contributed by atoms with Gasteiger partial charge in [-0.05, 0) is 34.9 Å². The van der Waals surface area contributed by atoms with Crippen molar-refractivity contribution >= 4 is 29.3 Å². The van der Waals surface area contributed by atoms with Crippen molar-refractivity contribution in [3.05, 3.63) is 65.2 Å². The van der Waals surface area contributed by atoms with E-state index in [4.69, 9.17) is 0 Å². The van der Waals surface area contributed by atoms with Crippen LogP contribution in [0.4, 0.5) is 5.69 Å². The summed E-state index contributed by atoms with van der Waals surface area (Å²) in [6.07, 6.45) is 1.25. The predicted octanol–water partition coefficient (Wildman–Crippen LogP) is 5.46. The van der Waals surface area contributed by atoms with E-state index in [-0.39, 0.29) is 11.8 Å². The molecule has 0 aromatic heterocycles. The summed E-state index contributed by atoms with van der Waals surface area (Å²) in [5.74, 6) is 1.21. The molecule has 2 aliphatic rings. The van der Waals surface area contributed by atoms with E-state index in [1.165, 1.54) is 0 Å². The number of anilines is 1. The van der Waals surface area contributed by atoms with Gasteiger partial charge in [0.2, 0.25) is 11.8 Å². The number of fused-ring (bicyclic) bond motifs is 1. The van der Waals surface area contributed by atoms with Crippen LogP contribution >= 0.6 is 11.8 Å². The third-order valence-corrected chi connectivity index (χ3v) is 7.87. The Labute approximate surface area is 183 Å². The first-order chi connectivity index (χ1) is 14.3. The molecule has 0 unspecified atom stereocenters. The average Bonchev–Trinajstić information content (AvgIpc) is 3.28. The number of para-hydroxylation sites is 1. The first-order valence-electron chi connectivity index (χ1n) is 10.8. The number of rotatable bonds is 5. The number of nitrogens with one attached hydrogen (secondary N) is 1. The SMILES string of the molecule is CC(C)c1cccc(C(C)C)c1NC(=O)[C@H]1CS[C@@]2(c3ccccc3)CCC(=O)N12. The van der Waals surface area contributed by atoms with Crippen LogP contribution in [-0.4, -0.2) is 28.5 Å². The van der Waals surface area contributed by atoms with Crippen LogP contribution in [0, 0.1) is 0 Å². The number of carbonyl (C=O) groups is 2. The standard InChI is InChI=1S/C25H30N2O2S/c1-16(2)19-11-8-12-20(17(3)4)23(19)26-24(29)21-15-30-25(14-13-22(28)27(21)25)18-9-6-5-7-10-18/h5-12,16-17,21H,13-15H2,1-4H3,(H,26,29)/t21-,25-/m1/s1. The lowest BCUT2D eigenvalue weighted by molar-refractivity contribution is -0.136. The maximum atomic E-state index is 13.5. The second-order valence-electron chi connectivity index (χ2n) is 8.85. The smallest absolute Gasteiger partial charge is 0.248 e. The van der Waals surface area contributed by atoms with E-state index in [2.05, 4.69) is 63.3 Å². The Bertz CT molecular complexity index is 931. The molecule has 4 nitrogen and oxygen atoms in total. The molecule has 5 heteroatoms. The summed E-state index contributed by atoms with van der Waals surface area (Å²) < 4.78 is 0. The molecule has 2 atom stereocenters. The van der Waals surface area contributed by atoms with E-state index in [1.807, 2.05) is 23.1 Å². The summed E-state index contributed by atoms with van der Waals surface area (Å²) in [5.41, 5.74) is 4.31. The normalized spacial score (nSPS) is 23.3. The number of amides is 2. The highest BCUT2D eigenvalue weighted by molar-refractivity contribution is 8.00. The molecule has 2 aromatic rings. The first-order valence-corrected chi connectivity index (χ1v) is 11.8. The molecule has 158 valence electrons. The Kier molecular flexibility index (Phi) is 5.67. The third kappa shape index (κ3) is 3.43. The predicted molar refractivity (Wildman–Crippen MR) is 124 cm³/mol. The third-order valence-electron chi connectivity index (χ3n) is 6.28. The fourth-order valence-electron chi connectivity index (χ4n) is 4.74. The van der Waals surface area contributed by atoms with Gasteiger partial charge in [0, 0.05) is 17.9 Å². The van der Waals surface area contributed by atoms with E-state index in [9.17, 15) is 9.59 Å². The first kappa shape index (κ1) is 21.0. The number of thioether (sulfide) groups is 1. The molecule has 2 saturated heterocycles. The van der Waals surface area contributed by atoms with Crippen molar-refractivity contribution in [3.63, 3.8) is 0 Å². The van der Waals surface area contributed by atoms with Crippen LogP contribution in [0.25, 0.3) is 0 Å². The van der Waals surface area contributed by atoms with E-state index < -0.39 is 10.9 Å². The van der Waals surface area contributed by atoms with Crippen molar-refractivity contribution in [2.45, 2.75) is 63.3 Å². The van der Waals surface area contributed by atoms with Crippen molar-refractivity contribution in [2.24, 2.45) is 0 Å². The molecule has 30 heavy (non-hydrogen) atoms. The molecule has 2 aromatic carbocycles. The van der Waals surface area contributed by atoms with Gasteiger partial charge in [0.1, 0.15) is 10.9 Å². The van der Waals surface area contributed by atoms with Crippen LogP contribution in [-0.2, 0) is 14.5 Å². The van der Waals surface area contributed by atoms with Gasteiger partial charge in [0.05, 0.1) is 0 Å². The molecule has 0 radical (unpaired) electrons. The molecule has 2 heterocycles. The topological polar surface area (TPSA) is 49.4 Å². The van der Waals surface area contributed by atoms with E-state index >= 15 is 0 Å². The molecule has 2 amide bonds. The zero-order valence-corrected chi connectivity index (χ0v) is 19.0. The van der Waals surface area contributed by atoms with Gasteiger partial charge in [0.15, 0.2) is 0 Å². The average molecular weight is 423 g/mol. The zero-order chi connectivity index (χ0) is 21.5. The molecular formula is C25H30N2O2S. The number of hydrogen-bond donors (Lipinski definition) is 1. The van der Waals surface area contributed by atoms with Crippen LogP contribution in [0.3, 0.4) is 0 Å². The van der Waals surface area contributed by atoms with Gasteiger partial charge in [-0.3, -0.25) is 9.59 Å². The van der Waals surface area contributed by atoms with Crippen LogP contribution in [0.15, 0.2) is 48.5 Å². The van der Waals surface area contributed by atoms with Gasteiger partial charge in [-0.25, -0.2) is 0 Å². The molecular weight excluding hydrogens is 392 g/mol. The van der Waals surface area contributed by atoms with Gasteiger partial charge in [-0.1, -0.05) is 76.2 Å². The largest absolute Gasteiger partial charge is 0.324 e. The molecule has 1 N–H and O–H groups in total. The van der Waals surface area contributed by atoms with Gasteiger partial charge >= 0.3 is 0 Å². The summed E-state index contributed by atoms with van der Waals surface area (Å²) in [6, 6.07) is 15.9. The Hall–Kier alpha value is -2.27. The Morgan fingerprint density at radius 2 is 1.67 bits per heavy atom. The van der Waals surface area contributed by atoms with Gasteiger partial charge in [0.25, 0.3) is 0 Å². The van der Waals surface area contributed by atoms with Crippen molar-refractivity contribution in [3.8, 4) is 0 Å². The minimum absolute atomic E-state index is 0.0743. The van der Waals surface area contributed by atoms with Gasteiger partial charge in [-0.15, -0.1) is 11.8 Å². The van der Waals surface area contributed by atoms with E-state index in [0.717, 1.165) is 28.8 Å². The lowest BCUT2D eigenvalue weighted by Crippen LogP contribution is -2.48. The summed E-state index contributed by atoms with van der Waals surface area (Å²) in [4.78, 5) is 27.8. The van der Waals surface area contributed by atoms with Crippen LogP contribution in [0.5, 0.6) is 0 Å². The zero-order valence-electron chi connectivity index (χ0n) is 18.1.